The Labute approximate surface area is 205 Å². The van der Waals surface area contributed by atoms with E-state index in [-0.39, 0.29) is 35.6 Å². The van der Waals surface area contributed by atoms with Crippen molar-refractivity contribution in [2.45, 2.75) is 57.3 Å². The number of nitrogens with zero attached hydrogens (tertiary/aromatic N) is 2. The Balaban J connectivity index is 1.23. The van der Waals surface area contributed by atoms with E-state index in [0.29, 0.717) is 6.54 Å². The van der Waals surface area contributed by atoms with Crippen LogP contribution in [-0.2, 0) is 11.2 Å². The number of aromatic amines is 1. The van der Waals surface area contributed by atoms with Gasteiger partial charge in [0.05, 0.1) is 24.0 Å². The maximum Gasteiger partial charge on any atom is 0.216 e. The first-order valence-electron chi connectivity index (χ1n) is 12.6. The number of imidazole rings is 1. The molecule has 0 radical (unpaired) electrons. The molecule has 3 heterocycles. The zero-order valence-electron chi connectivity index (χ0n) is 20.4. The Morgan fingerprint density at radius 2 is 2.17 bits per heavy atom. The molecule has 0 bridgehead atoms. The number of hydrogen-bond acceptors (Lipinski definition) is 6. The molecule has 3 aliphatic rings. The van der Waals surface area contributed by atoms with Crippen LogP contribution in [0.5, 0.6) is 5.75 Å². The van der Waals surface area contributed by atoms with Gasteiger partial charge in [-0.05, 0) is 48.1 Å². The number of hydrazine groups is 1. The van der Waals surface area contributed by atoms with Crippen LogP contribution >= 0.6 is 0 Å². The first kappa shape index (κ1) is 24.0. The maximum absolute atomic E-state index is 15.8. The van der Waals surface area contributed by atoms with E-state index in [0.717, 1.165) is 61.5 Å². The molecule has 1 saturated carbocycles. The minimum Gasteiger partial charge on any atom is -0.508 e. The summed E-state index contributed by atoms with van der Waals surface area (Å²) >= 11 is 0. The average Bonchev–Trinajstić information content (AvgIpc) is 3.58. The first-order valence-corrected chi connectivity index (χ1v) is 12.6. The maximum atomic E-state index is 15.8. The highest BCUT2D eigenvalue weighted by molar-refractivity contribution is 5.72. The van der Waals surface area contributed by atoms with Crippen LogP contribution in [0.4, 0.5) is 4.39 Å². The minimum absolute atomic E-state index is 0.00927. The number of nitrogens with one attached hydrogen (secondary N) is 4. The third-order valence-electron chi connectivity index (χ3n) is 7.77. The fourth-order valence-corrected chi connectivity index (χ4v) is 5.93. The monoisotopic (exact) mass is 482 g/mol. The predicted octanol–water partition coefficient (Wildman–Crippen LogP) is 2.56. The summed E-state index contributed by atoms with van der Waals surface area (Å²) in [7, 11) is 0. The van der Waals surface area contributed by atoms with Gasteiger partial charge in [0.2, 0.25) is 5.91 Å². The van der Waals surface area contributed by atoms with Crippen LogP contribution in [0.2, 0.25) is 0 Å². The topological polar surface area (TPSA) is 105 Å². The van der Waals surface area contributed by atoms with Crippen molar-refractivity contribution >= 4 is 11.5 Å². The smallest absolute Gasteiger partial charge is 0.216 e. The van der Waals surface area contributed by atoms with E-state index >= 15 is 4.39 Å². The molecule has 5 N–H and O–H groups in total. The van der Waals surface area contributed by atoms with E-state index < -0.39 is 6.17 Å². The summed E-state index contributed by atoms with van der Waals surface area (Å²) in [4.78, 5) is 21.5. The summed E-state index contributed by atoms with van der Waals surface area (Å²) in [5.41, 5.74) is 10.8. The molecular formula is C26H35FN6O2. The van der Waals surface area contributed by atoms with Gasteiger partial charge < -0.3 is 15.4 Å². The molecule has 1 aliphatic carbocycles. The van der Waals surface area contributed by atoms with Gasteiger partial charge in [-0.3, -0.25) is 15.1 Å². The van der Waals surface area contributed by atoms with Crippen molar-refractivity contribution in [3.8, 4) is 5.75 Å². The molecule has 2 fully saturated rings. The van der Waals surface area contributed by atoms with Gasteiger partial charge >= 0.3 is 0 Å². The van der Waals surface area contributed by atoms with Gasteiger partial charge in [-0.15, -0.1) is 0 Å². The zero-order chi connectivity index (χ0) is 24.5. The van der Waals surface area contributed by atoms with E-state index in [2.05, 4.69) is 37.1 Å². The summed E-state index contributed by atoms with van der Waals surface area (Å²) in [5.74, 6) is 0.984. The molecule has 1 aromatic heterocycles. The van der Waals surface area contributed by atoms with Crippen molar-refractivity contribution in [2.24, 2.45) is 5.92 Å². The number of alkyl halides is 1. The lowest BCUT2D eigenvalue weighted by atomic mass is 9.71. The highest BCUT2D eigenvalue weighted by atomic mass is 19.1. The number of carbonyl (C=O) groups is 1. The highest BCUT2D eigenvalue weighted by Gasteiger charge is 2.48. The van der Waals surface area contributed by atoms with Gasteiger partial charge in [-0.25, -0.2) is 14.8 Å². The zero-order valence-corrected chi connectivity index (χ0v) is 20.4. The molecule has 188 valence electrons. The summed E-state index contributed by atoms with van der Waals surface area (Å²) in [6.07, 6.45) is 5.47. The van der Waals surface area contributed by atoms with Crippen LogP contribution < -0.4 is 16.2 Å². The van der Waals surface area contributed by atoms with Crippen molar-refractivity contribution in [3.05, 3.63) is 53.1 Å². The molecule has 1 saturated heterocycles. The third kappa shape index (κ3) is 4.85. The number of hydrogen-bond donors (Lipinski definition) is 5. The SMILES string of the molecule is CCc1cc(O)ccc1C1CCC2C(c3ncc(C4=CCN(CCNC(C)=O)C4)[nH]3)NNC2C1F. The summed E-state index contributed by atoms with van der Waals surface area (Å²) in [5, 5.41) is 12.7. The fourth-order valence-electron chi connectivity index (χ4n) is 5.93. The van der Waals surface area contributed by atoms with Crippen LogP contribution in [0.1, 0.15) is 61.3 Å². The van der Waals surface area contributed by atoms with Gasteiger partial charge in [-0.2, -0.15) is 0 Å². The largest absolute Gasteiger partial charge is 0.508 e. The summed E-state index contributed by atoms with van der Waals surface area (Å²) < 4.78 is 15.8. The second-order valence-electron chi connectivity index (χ2n) is 9.95. The Hall–Kier alpha value is -2.75. The average molecular weight is 483 g/mol. The second kappa shape index (κ2) is 10.1. The van der Waals surface area contributed by atoms with Gasteiger partial charge in [-0.1, -0.05) is 19.1 Å². The number of benzene rings is 1. The molecule has 1 aromatic carbocycles. The van der Waals surface area contributed by atoms with Gasteiger partial charge in [0.25, 0.3) is 0 Å². The number of phenolic OH excluding ortho intramolecular Hbond substituents is 1. The molecule has 8 nitrogen and oxygen atoms in total. The van der Waals surface area contributed by atoms with Crippen LogP contribution in [0.3, 0.4) is 0 Å². The fraction of sp³-hybridized carbons (Fsp3) is 0.538. The number of phenols is 1. The highest BCUT2D eigenvalue weighted by Crippen LogP contribution is 2.45. The molecule has 0 spiro atoms. The lowest BCUT2D eigenvalue weighted by molar-refractivity contribution is -0.119. The quantitative estimate of drug-likeness (QED) is 0.416. The van der Waals surface area contributed by atoms with E-state index in [9.17, 15) is 9.90 Å². The number of H-pyrrole nitrogens is 1. The van der Waals surface area contributed by atoms with Gasteiger partial charge in [0.15, 0.2) is 0 Å². The number of rotatable bonds is 7. The molecule has 2 aliphatic heterocycles. The molecule has 9 heteroatoms. The second-order valence-corrected chi connectivity index (χ2v) is 9.95. The number of amides is 1. The molecule has 35 heavy (non-hydrogen) atoms. The Kier molecular flexibility index (Phi) is 6.91. The number of aromatic nitrogens is 2. The Bertz CT molecular complexity index is 1100. The van der Waals surface area contributed by atoms with Crippen LogP contribution in [0.15, 0.2) is 30.5 Å². The predicted molar refractivity (Wildman–Crippen MR) is 132 cm³/mol. The Morgan fingerprint density at radius 3 is 2.97 bits per heavy atom. The van der Waals surface area contributed by atoms with Crippen molar-refractivity contribution in [2.75, 3.05) is 26.2 Å². The van der Waals surface area contributed by atoms with Crippen LogP contribution in [-0.4, -0.2) is 64.3 Å². The van der Waals surface area contributed by atoms with Crippen molar-refractivity contribution in [1.29, 1.82) is 0 Å². The number of fused-ring (bicyclic) bond motifs is 1. The molecule has 5 unspecified atom stereocenters. The number of carbonyl (C=O) groups excluding carboxylic acids is 1. The molecule has 2 aromatic rings. The van der Waals surface area contributed by atoms with Crippen molar-refractivity contribution in [3.63, 3.8) is 0 Å². The van der Waals surface area contributed by atoms with Crippen molar-refractivity contribution in [1.82, 2.24) is 31.0 Å². The van der Waals surface area contributed by atoms with Gasteiger partial charge in [0.1, 0.15) is 17.7 Å². The Morgan fingerprint density at radius 1 is 1.31 bits per heavy atom. The lowest BCUT2D eigenvalue weighted by Gasteiger charge is -2.36. The van der Waals surface area contributed by atoms with E-state index in [1.807, 2.05) is 19.2 Å². The van der Waals surface area contributed by atoms with E-state index in [4.69, 9.17) is 0 Å². The van der Waals surface area contributed by atoms with Crippen LogP contribution in [0, 0.1) is 5.92 Å². The normalized spacial score (nSPS) is 28.7. The molecule has 1 amide bonds. The standard InChI is InChI=1S/C26H35FN6O2/c1-3-16-12-18(35)4-5-19(16)20-6-7-21-24(23(20)27)31-32-25(21)26-29-13-22(30-26)17-8-10-33(14-17)11-9-28-15(2)34/h4-5,8,12-13,20-21,23-25,31-32,35H,3,6-7,9-11,14H2,1-2H3,(H,28,34)(H,29,30). The first-order chi connectivity index (χ1) is 16.9. The molecule has 5 rings (SSSR count). The van der Waals surface area contributed by atoms with Crippen molar-refractivity contribution < 1.29 is 14.3 Å². The third-order valence-corrected chi connectivity index (χ3v) is 7.77. The van der Waals surface area contributed by atoms with E-state index in [1.54, 1.807) is 12.1 Å². The molecule has 5 atom stereocenters. The molecular weight excluding hydrogens is 447 g/mol. The lowest BCUT2D eigenvalue weighted by Crippen LogP contribution is -2.45. The number of aromatic hydroxyl groups is 1. The van der Waals surface area contributed by atoms with E-state index in [1.165, 1.54) is 12.5 Å². The number of halogens is 1. The number of aryl methyl sites for hydroxylation is 1. The summed E-state index contributed by atoms with van der Waals surface area (Å²) in [6.45, 7) is 6.67. The van der Waals surface area contributed by atoms with Crippen LogP contribution in [0.25, 0.3) is 5.57 Å². The summed E-state index contributed by atoms with van der Waals surface area (Å²) in [6, 6.07) is 4.95. The minimum atomic E-state index is -1.02. The van der Waals surface area contributed by atoms with Gasteiger partial charge in [0, 0.05) is 44.9 Å².